The molecule has 0 amide bonds. The first-order chi connectivity index (χ1) is 9.51. The van der Waals surface area contributed by atoms with Crippen LogP contribution in [0.25, 0.3) is 0 Å². The van der Waals surface area contributed by atoms with Crippen LogP contribution in [-0.2, 0) is 0 Å². The van der Waals surface area contributed by atoms with E-state index in [-0.39, 0.29) is 11.9 Å². The molecule has 0 aliphatic rings. The highest BCUT2D eigenvalue weighted by atomic mass is 35.5. The maximum Gasteiger partial charge on any atom is 0.141 e. The first kappa shape index (κ1) is 15.1. The smallest absolute Gasteiger partial charge is 0.141 e. The minimum absolute atomic E-state index is 0.0492. The topological polar surface area (TPSA) is 24.9 Å². The van der Waals surface area contributed by atoms with Crippen LogP contribution in [0.4, 0.5) is 10.1 Å². The second-order valence-electron chi connectivity index (χ2n) is 4.59. The molecule has 20 heavy (non-hydrogen) atoms. The normalized spacial score (nSPS) is 12.2. The van der Waals surface area contributed by atoms with E-state index in [1.807, 2.05) is 19.9 Å². The fourth-order valence-electron chi connectivity index (χ4n) is 1.92. The van der Waals surface area contributed by atoms with Crippen LogP contribution in [0.5, 0.6) is 0 Å². The van der Waals surface area contributed by atoms with Crippen LogP contribution in [0.3, 0.4) is 0 Å². The number of nitrogens with one attached hydrogen (secondary N) is 1. The molecule has 2 aromatic rings. The number of nitrogens with zero attached hydrogens (tertiary/aromatic N) is 1. The number of anilines is 1. The standard InChI is InChI=1S/C15H15Cl2FN2/c1-3-13(14-5-4-10(18)8-19-14)20-15-7-11(16)9(2)6-12(15)17/h4-8,13,20H,3H2,1-2H3. The zero-order chi connectivity index (χ0) is 14.7. The lowest BCUT2D eigenvalue weighted by atomic mass is 10.1. The molecule has 0 aliphatic carbocycles. The predicted molar refractivity (Wildman–Crippen MR) is 82.0 cm³/mol. The number of rotatable bonds is 4. The third-order valence-corrected chi connectivity index (χ3v) is 3.81. The molecule has 1 unspecified atom stereocenters. The van der Waals surface area contributed by atoms with Gasteiger partial charge < -0.3 is 5.32 Å². The summed E-state index contributed by atoms with van der Waals surface area (Å²) in [5.74, 6) is -0.347. The number of aryl methyl sites for hydroxylation is 1. The van der Waals surface area contributed by atoms with Crippen LogP contribution in [0.1, 0.15) is 30.6 Å². The first-order valence-corrected chi connectivity index (χ1v) is 7.10. The molecule has 1 aromatic carbocycles. The summed E-state index contributed by atoms with van der Waals surface area (Å²) in [5.41, 5.74) is 2.44. The van der Waals surface area contributed by atoms with Crippen molar-refractivity contribution < 1.29 is 4.39 Å². The Morgan fingerprint density at radius 2 is 2.00 bits per heavy atom. The molecule has 0 saturated heterocycles. The minimum Gasteiger partial charge on any atom is -0.375 e. The lowest BCUT2D eigenvalue weighted by Gasteiger charge is -2.19. The third kappa shape index (κ3) is 3.41. The van der Waals surface area contributed by atoms with Gasteiger partial charge in [0.2, 0.25) is 0 Å². The number of aromatic nitrogens is 1. The fourth-order valence-corrected chi connectivity index (χ4v) is 2.36. The second-order valence-corrected chi connectivity index (χ2v) is 5.40. The molecule has 0 bridgehead atoms. The van der Waals surface area contributed by atoms with E-state index in [2.05, 4.69) is 10.3 Å². The van der Waals surface area contributed by atoms with Gasteiger partial charge in [0.1, 0.15) is 5.82 Å². The molecule has 0 saturated carbocycles. The molecule has 0 fully saturated rings. The average molecular weight is 313 g/mol. The summed E-state index contributed by atoms with van der Waals surface area (Å²) >= 11 is 12.3. The Labute approximate surface area is 127 Å². The van der Waals surface area contributed by atoms with E-state index < -0.39 is 0 Å². The Hall–Kier alpha value is -1.32. The maximum atomic E-state index is 12.9. The zero-order valence-corrected chi connectivity index (χ0v) is 12.8. The molecule has 1 aromatic heterocycles. The van der Waals surface area contributed by atoms with Crippen LogP contribution in [0.2, 0.25) is 10.0 Å². The van der Waals surface area contributed by atoms with Gasteiger partial charge in [-0.1, -0.05) is 30.1 Å². The highest BCUT2D eigenvalue weighted by Crippen LogP contribution is 2.32. The third-order valence-electron chi connectivity index (χ3n) is 3.09. The first-order valence-electron chi connectivity index (χ1n) is 6.35. The highest BCUT2D eigenvalue weighted by Gasteiger charge is 2.13. The number of pyridine rings is 1. The van der Waals surface area contributed by atoms with Crippen LogP contribution in [0, 0.1) is 12.7 Å². The Morgan fingerprint density at radius 1 is 1.25 bits per heavy atom. The lowest BCUT2D eigenvalue weighted by molar-refractivity contribution is 0.614. The summed E-state index contributed by atoms with van der Waals surface area (Å²) in [4.78, 5) is 4.10. The molecular weight excluding hydrogens is 298 g/mol. The van der Waals surface area contributed by atoms with E-state index >= 15 is 0 Å². The van der Waals surface area contributed by atoms with Crippen molar-refractivity contribution in [2.24, 2.45) is 0 Å². The molecule has 106 valence electrons. The SMILES string of the molecule is CCC(Nc1cc(Cl)c(C)cc1Cl)c1ccc(F)cn1. The summed E-state index contributed by atoms with van der Waals surface area (Å²) in [6.07, 6.45) is 2.00. The molecule has 0 aliphatic heterocycles. The molecule has 1 N–H and O–H groups in total. The van der Waals surface area contributed by atoms with Crippen LogP contribution >= 0.6 is 23.2 Å². The number of hydrogen-bond donors (Lipinski definition) is 1. The predicted octanol–water partition coefficient (Wildman–Crippen LogP) is 5.40. The Balaban J connectivity index is 2.26. The Kier molecular flexibility index (Phi) is 4.84. The highest BCUT2D eigenvalue weighted by molar-refractivity contribution is 6.35. The largest absolute Gasteiger partial charge is 0.375 e. The summed E-state index contributed by atoms with van der Waals surface area (Å²) in [7, 11) is 0. The van der Waals surface area contributed by atoms with Gasteiger partial charge >= 0.3 is 0 Å². The monoisotopic (exact) mass is 312 g/mol. The van der Waals surface area contributed by atoms with Crippen molar-refractivity contribution in [2.45, 2.75) is 26.3 Å². The zero-order valence-electron chi connectivity index (χ0n) is 11.3. The van der Waals surface area contributed by atoms with Crippen molar-refractivity contribution in [3.63, 3.8) is 0 Å². The molecule has 1 atom stereocenters. The van der Waals surface area contributed by atoms with Crippen LogP contribution in [0.15, 0.2) is 30.5 Å². The Bertz CT molecular complexity index is 600. The van der Waals surface area contributed by atoms with Crippen LogP contribution < -0.4 is 5.32 Å². The van der Waals surface area contributed by atoms with E-state index in [4.69, 9.17) is 23.2 Å². The Morgan fingerprint density at radius 3 is 2.60 bits per heavy atom. The van der Waals surface area contributed by atoms with Gasteiger partial charge in [-0.25, -0.2) is 4.39 Å². The van der Waals surface area contributed by atoms with E-state index in [1.165, 1.54) is 12.3 Å². The molecule has 2 nitrogen and oxygen atoms in total. The van der Waals surface area contributed by atoms with Gasteiger partial charge in [0.05, 0.1) is 28.6 Å². The summed E-state index contributed by atoms with van der Waals surface area (Å²) in [6, 6.07) is 6.63. The van der Waals surface area contributed by atoms with Crippen molar-refractivity contribution in [3.05, 3.63) is 57.6 Å². The van der Waals surface area contributed by atoms with E-state index in [1.54, 1.807) is 12.1 Å². The van der Waals surface area contributed by atoms with Gasteiger partial charge in [-0.15, -0.1) is 0 Å². The van der Waals surface area contributed by atoms with E-state index in [0.29, 0.717) is 10.0 Å². The van der Waals surface area contributed by atoms with E-state index in [0.717, 1.165) is 23.4 Å². The molecule has 2 rings (SSSR count). The van der Waals surface area contributed by atoms with Gasteiger partial charge in [0.25, 0.3) is 0 Å². The molecule has 0 radical (unpaired) electrons. The summed E-state index contributed by atoms with van der Waals surface area (Å²) in [6.45, 7) is 3.92. The molecular formula is C15H15Cl2FN2. The van der Waals surface area contributed by atoms with Gasteiger partial charge in [-0.3, -0.25) is 4.98 Å². The van der Waals surface area contributed by atoms with Gasteiger partial charge in [-0.2, -0.15) is 0 Å². The number of halogens is 3. The lowest BCUT2D eigenvalue weighted by Crippen LogP contribution is -2.11. The minimum atomic E-state index is -0.347. The van der Waals surface area contributed by atoms with Crippen molar-refractivity contribution in [3.8, 4) is 0 Å². The summed E-state index contributed by atoms with van der Waals surface area (Å²) < 4.78 is 12.9. The molecule has 5 heteroatoms. The number of benzene rings is 1. The maximum absolute atomic E-state index is 12.9. The molecule has 0 spiro atoms. The van der Waals surface area contributed by atoms with Gasteiger partial charge in [0, 0.05) is 5.02 Å². The van der Waals surface area contributed by atoms with Crippen molar-refractivity contribution >= 4 is 28.9 Å². The van der Waals surface area contributed by atoms with Gasteiger partial charge in [-0.05, 0) is 43.2 Å². The van der Waals surface area contributed by atoms with Crippen molar-refractivity contribution in [1.82, 2.24) is 4.98 Å². The fraction of sp³-hybridized carbons (Fsp3) is 0.267. The van der Waals surface area contributed by atoms with Crippen molar-refractivity contribution in [1.29, 1.82) is 0 Å². The van der Waals surface area contributed by atoms with Crippen molar-refractivity contribution in [2.75, 3.05) is 5.32 Å². The van der Waals surface area contributed by atoms with Crippen LogP contribution in [-0.4, -0.2) is 4.98 Å². The van der Waals surface area contributed by atoms with Gasteiger partial charge in [0.15, 0.2) is 0 Å². The summed E-state index contributed by atoms with van der Waals surface area (Å²) in [5, 5.41) is 4.56. The quantitative estimate of drug-likeness (QED) is 0.817. The number of hydrogen-bond acceptors (Lipinski definition) is 2. The van der Waals surface area contributed by atoms with E-state index in [9.17, 15) is 4.39 Å². The molecule has 1 heterocycles. The average Bonchev–Trinajstić information content (AvgIpc) is 2.42. The second kappa shape index (κ2) is 6.42.